The van der Waals surface area contributed by atoms with E-state index < -0.39 is 5.41 Å². The third-order valence-corrected chi connectivity index (χ3v) is 4.91. The molecule has 0 saturated carbocycles. The third-order valence-electron chi connectivity index (χ3n) is 4.91. The molecule has 0 aliphatic carbocycles. The minimum absolute atomic E-state index is 0.247. The van der Waals surface area contributed by atoms with Crippen molar-refractivity contribution in [3.63, 3.8) is 0 Å². The topological polar surface area (TPSA) is 55.6 Å². The van der Waals surface area contributed by atoms with Crippen LogP contribution < -0.4 is 5.73 Å². The number of hydrogen-bond acceptors (Lipinski definition) is 3. The predicted octanol–water partition coefficient (Wildman–Crippen LogP) is 1.68. The number of benzene rings is 1. The number of hydrogen-bond donors (Lipinski definition) is 1. The Morgan fingerprint density at radius 3 is 2.38 bits per heavy atom. The van der Waals surface area contributed by atoms with Gasteiger partial charge in [-0.15, -0.1) is 0 Å². The lowest BCUT2D eigenvalue weighted by molar-refractivity contribution is -0.142. The molecule has 1 amide bonds. The van der Waals surface area contributed by atoms with Crippen LogP contribution >= 0.6 is 0 Å². The van der Waals surface area contributed by atoms with Crippen molar-refractivity contribution >= 4 is 5.91 Å². The molecule has 2 heterocycles. The number of amides is 1. The maximum absolute atomic E-state index is 13.2. The molecule has 21 heavy (non-hydrogen) atoms. The van der Waals surface area contributed by atoms with Crippen LogP contribution in [0.5, 0.6) is 0 Å². The van der Waals surface area contributed by atoms with Gasteiger partial charge >= 0.3 is 0 Å². The molecule has 0 bridgehead atoms. The standard InChI is InChI=1S/C17H24N2O2/c18-15-6-10-19(11-7-15)16(20)17(8-12-21-13-9-17)14-4-2-1-3-5-14/h1-5,15H,6-13,18H2. The van der Waals surface area contributed by atoms with E-state index in [9.17, 15) is 4.79 Å². The Morgan fingerprint density at radius 1 is 1.14 bits per heavy atom. The number of carbonyl (C=O) groups is 1. The van der Waals surface area contributed by atoms with Crippen LogP contribution in [-0.4, -0.2) is 43.2 Å². The summed E-state index contributed by atoms with van der Waals surface area (Å²) in [4.78, 5) is 15.2. The normalized spacial score (nSPS) is 23.0. The average Bonchev–Trinajstić information content (AvgIpc) is 2.56. The molecular formula is C17H24N2O2. The maximum Gasteiger partial charge on any atom is 0.233 e. The van der Waals surface area contributed by atoms with E-state index in [0.717, 1.165) is 44.3 Å². The van der Waals surface area contributed by atoms with E-state index in [4.69, 9.17) is 10.5 Å². The van der Waals surface area contributed by atoms with E-state index in [1.54, 1.807) is 0 Å². The number of nitrogens with two attached hydrogens (primary N) is 1. The molecule has 0 aromatic heterocycles. The molecule has 1 aromatic carbocycles. The first-order valence-corrected chi connectivity index (χ1v) is 7.91. The van der Waals surface area contributed by atoms with Crippen molar-refractivity contribution in [2.24, 2.45) is 5.73 Å². The second kappa shape index (κ2) is 6.16. The van der Waals surface area contributed by atoms with Gasteiger partial charge in [-0.1, -0.05) is 30.3 Å². The lowest BCUT2D eigenvalue weighted by Gasteiger charge is -2.42. The minimum atomic E-state index is -0.402. The van der Waals surface area contributed by atoms with Crippen molar-refractivity contribution in [2.45, 2.75) is 37.1 Å². The lowest BCUT2D eigenvalue weighted by atomic mass is 9.72. The van der Waals surface area contributed by atoms with Gasteiger partial charge in [0, 0.05) is 32.3 Å². The summed E-state index contributed by atoms with van der Waals surface area (Å²) in [6, 6.07) is 10.5. The van der Waals surface area contributed by atoms with Crippen LogP contribution in [0.4, 0.5) is 0 Å². The van der Waals surface area contributed by atoms with E-state index >= 15 is 0 Å². The van der Waals surface area contributed by atoms with E-state index in [0.29, 0.717) is 13.2 Å². The Morgan fingerprint density at radius 2 is 1.76 bits per heavy atom. The molecule has 0 atom stereocenters. The van der Waals surface area contributed by atoms with Crippen molar-refractivity contribution in [2.75, 3.05) is 26.3 Å². The van der Waals surface area contributed by atoms with Crippen molar-refractivity contribution in [3.8, 4) is 0 Å². The van der Waals surface area contributed by atoms with Crippen LogP contribution in [0, 0.1) is 0 Å². The number of likely N-dealkylation sites (tertiary alicyclic amines) is 1. The number of piperidine rings is 1. The predicted molar refractivity (Wildman–Crippen MR) is 82.0 cm³/mol. The van der Waals surface area contributed by atoms with Crippen LogP contribution in [0.3, 0.4) is 0 Å². The molecule has 0 spiro atoms. The fraction of sp³-hybridized carbons (Fsp3) is 0.588. The fourth-order valence-corrected chi connectivity index (χ4v) is 3.51. The van der Waals surface area contributed by atoms with Gasteiger partial charge in [-0.25, -0.2) is 0 Å². The highest BCUT2D eigenvalue weighted by atomic mass is 16.5. The van der Waals surface area contributed by atoms with E-state index in [1.807, 2.05) is 23.1 Å². The average molecular weight is 288 g/mol. The molecule has 2 fully saturated rings. The molecule has 3 rings (SSSR count). The Hall–Kier alpha value is -1.39. The van der Waals surface area contributed by atoms with E-state index in [-0.39, 0.29) is 11.9 Å². The summed E-state index contributed by atoms with van der Waals surface area (Å²) < 4.78 is 5.51. The van der Waals surface area contributed by atoms with Crippen molar-refractivity contribution < 1.29 is 9.53 Å². The van der Waals surface area contributed by atoms with Crippen LogP contribution in [-0.2, 0) is 14.9 Å². The maximum atomic E-state index is 13.2. The van der Waals surface area contributed by atoms with Gasteiger partial charge in [0.15, 0.2) is 0 Å². The molecule has 4 nitrogen and oxygen atoms in total. The van der Waals surface area contributed by atoms with Crippen LogP contribution in [0.25, 0.3) is 0 Å². The summed E-state index contributed by atoms with van der Waals surface area (Å²) >= 11 is 0. The summed E-state index contributed by atoms with van der Waals surface area (Å²) in [5.41, 5.74) is 6.69. The smallest absolute Gasteiger partial charge is 0.233 e. The zero-order valence-electron chi connectivity index (χ0n) is 12.5. The number of nitrogens with zero attached hydrogens (tertiary/aromatic N) is 1. The first kappa shape index (κ1) is 14.5. The first-order valence-electron chi connectivity index (χ1n) is 7.91. The van der Waals surface area contributed by atoms with Crippen LogP contribution in [0.1, 0.15) is 31.2 Å². The van der Waals surface area contributed by atoms with Crippen molar-refractivity contribution in [3.05, 3.63) is 35.9 Å². The largest absolute Gasteiger partial charge is 0.381 e. The lowest BCUT2D eigenvalue weighted by Crippen LogP contribution is -2.53. The second-order valence-electron chi connectivity index (χ2n) is 6.19. The summed E-state index contributed by atoms with van der Waals surface area (Å²) in [7, 11) is 0. The highest BCUT2D eigenvalue weighted by molar-refractivity contribution is 5.88. The van der Waals surface area contributed by atoms with Gasteiger partial charge in [0.1, 0.15) is 0 Å². The van der Waals surface area contributed by atoms with Gasteiger partial charge in [0.25, 0.3) is 0 Å². The number of carbonyl (C=O) groups excluding carboxylic acids is 1. The molecular weight excluding hydrogens is 264 g/mol. The molecule has 0 unspecified atom stereocenters. The van der Waals surface area contributed by atoms with E-state index in [1.165, 1.54) is 0 Å². The Labute approximate surface area is 126 Å². The highest BCUT2D eigenvalue weighted by Gasteiger charge is 2.44. The first-order chi connectivity index (χ1) is 10.2. The summed E-state index contributed by atoms with van der Waals surface area (Å²) in [5, 5.41) is 0. The fourth-order valence-electron chi connectivity index (χ4n) is 3.51. The summed E-state index contributed by atoms with van der Waals surface area (Å²) in [6.07, 6.45) is 3.37. The van der Waals surface area contributed by atoms with Crippen LogP contribution in [0.2, 0.25) is 0 Å². The zero-order valence-corrected chi connectivity index (χ0v) is 12.5. The Bertz CT molecular complexity index is 475. The van der Waals surface area contributed by atoms with Gasteiger partial charge in [-0.05, 0) is 31.2 Å². The Kier molecular flexibility index (Phi) is 4.27. The monoisotopic (exact) mass is 288 g/mol. The molecule has 4 heteroatoms. The molecule has 1 aromatic rings. The summed E-state index contributed by atoms with van der Waals surface area (Å²) in [6.45, 7) is 2.90. The molecule has 0 radical (unpaired) electrons. The molecule has 2 N–H and O–H groups in total. The van der Waals surface area contributed by atoms with Crippen molar-refractivity contribution in [1.29, 1.82) is 0 Å². The second-order valence-corrected chi connectivity index (χ2v) is 6.19. The molecule has 114 valence electrons. The Balaban J connectivity index is 1.87. The van der Waals surface area contributed by atoms with E-state index in [2.05, 4.69) is 12.1 Å². The van der Waals surface area contributed by atoms with Crippen molar-refractivity contribution in [1.82, 2.24) is 4.90 Å². The quantitative estimate of drug-likeness (QED) is 0.901. The third kappa shape index (κ3) is 2.83. The van der Waals surface area contributed by atoms with Crippen LogP contribution in [0.15, 0.2) is 30.3 Å². The molecule has 2 aliphatic rings. The van der Waals surface area contributed by atoms with Gasteiger partial charge in [-0.3, -0.25) is 4.79 Å². The summed E-state index contributed by atoms with van der Waals surface area (Å²) in [5.74, 6) is 0.268. The zero-order chi connectivity index (χ0) is 14.7. The van der Waals surface area contributed by atoms with Gasteiger partial charge in [-0.2, -0.15) is 0 Å². The highest BCUT2D eigenvalue weighted by Crippen LogP contribution is 2.37. The number of rotatable bonds is 2. The molecule has 2 aliphatic heterocycles. The molecule has 2 saturated heterocycles. The number of ether oxygens (including phenoxy) is 1. The SMILES string of the molecule is NC1CCN(C(=O)C2(c3ccccc3)CCOCC2)CC1. The van der Waals surface area contributed by atoms with Gasteiger partial charge in [0.2, 0.25) is 5.91 Å². The minimum Gasteiger partial charge on any atom is -0.381 e. The van der Waals surface area contributed by atoms with Gasteiger partial charge in [0.05, 0.1) is 5.41 Å². The van der Waals surface area contributed by atoms with Gasteiger partial charge < -0.3 is 15.4 Å².